The highest BCUT2D eigenvalue weighted by atomic mass is 31.2. The van der Waals surface area contributed by atoms with Crippen molar-refractivity contribution < 1.29 is 47.0 Å². The summed E-state index contributed by atoms with van der Waals surface area (Å²) >= 11 is 0. The fraction of sp³-hybridized carbons (Fsp3) is 0.423. The molecule has 1 aliphatic heterocycles. The maximum Gasteiger partial charge on any atom is 0.475 e. The number of aromatic nitrogens is 3. The first-order valence-electron chi connectivity index (χ1n) is 12.7. The van der Waals surface area contributed by atoms with Crippen LogP contribution in [0.5, 0.6) is 0 Å². The van der Waals surface area contributed by atoms with Crippen LogP contribution in [0.1, 0.15) is 17.5 Å². The number of aliphatic hydroxyl groups excluding tert-OH is 2. The van der Waals surface area contributed by atoms with Gasteiger partial charge >= 0.3 is 13.5 Å². The van der Waals surface area contributed by atoms with Gasteiger partial charge in [0.05, 0.1) is 32.1 Å². The Morgan fingerprint density at radius 2 is 1.83 bits per heavy atom. The van der Waals surface area contributed by atoms with Gasteiger partial charge in [0.25, 0.3) is 11.4 Å². The fourth-order valence-electron chi connectivity index (χ4n) is 3.92. The molecule has 1 aliphatic rings. The van der Waals surface area contributed by atoms with Crippen LogP contribution in [0, 0.1) is 0 Å². The second-order valence-electron chi connectivity index (χ2n) is 9.23. The van der Waals surface area contributed by atoms with Crippen LogP contribution in [0.2, 0.25) is 0 Å². The molecule has 0 saturated carbocycles. The Labute approximate surface area is 239 Å². The van der Waals surface area contributed by atoms with Gasteiger partial charge in [0.1, 0.15) is 24.9 Å². The highest BCUT2D eigenvalue weighted by Crippen LogP contribution is 2.52. The topological polar surface area (TPSA) is 181 Å². The van der Waals surface area contributed by atoms with Gasteiger partial charge in [0.15, 0.2) is 6.23 Å². The Morgan fingerprint density at radius 3 is 2.52 bits per heavy atom. The Bertz CT molecular complexity index is 1440. The number of phosphoric ester groups is 1. The second kappa shape index (κ2) is 14.4. The minimum atomic E-state index is -4.59. The third kappa shape index (κ3) is 8.25. The van der Waals surface area contributed by atoms with E-state index < -0.39 is 56.1 Å². The van der Waals surface area contributed by atoms with E-state index >= 15 is 4.39 Å². The Hall–Kier alpha value is -3.11. The molecule has 4 rings (SSSR count). The summed E-state index contributed by atoms with van der Waals surface area (Å²) in [5.41, 5.74) is -0.521. The molecule has 1 fully saturated rings. The fourth-order valence-corrected chi connectivity index (χ4v) is 5.13. The van der Waals surface area contributed by atoms with Crippen LogP contribution in [-0.4, -0.2) is 75.8 Å². The van der Waals surface area contributed by atoms with Gasteiger partial charge in [-0.3, -0.25) is 32.9 Å². The van der Waals surface area contributed by atoms with Gasteiger partial charge in [-0.05, 0) is 17.7 Å². The predicted octanol–water partition coefficient (Wildman–Crippen LogP) is 1.44. The van der Waals surface area contributed by atoms with Crippen molar-refractivity contribution >= 4 is 7.82 Å². The summed E-state index contributed by atoms with van der Waals surface area (Å²) in [7, 11) is -3.16. The van der Waals surface area contributed by atoms with E-state index in [1.165, 1.54) is 7.11 Å². The average Bonchev–Trinajstić information content (AvgIpc) is 3.22. The van der Waals surface area contributed by atoms with Crippen LogP contribution in [0.15, 0.2) is 76.6 Å². The van der Waals surface area contributed by atoms with E-state index in [2.05, 4.69) is 4.98 Å². The molecule has 2 unspecified atom stereocenters. The highest BCUT2D eigenvalue weighted by Gasteiger charge is 2.57. The van der Waals surface area contributed by atoms with Crippen molar-refractivity contribution in [1.29, 1.82) is 0 Å². The summed E-state index contributed by atoms with van der Waals surface area (Å²) in [6.07, 6.45) is -4.14. The minimum absolute atomic E-state index is 0.0299. The van der Waals surface area contributed by atoms with Crippen molar-refractivity contribution in [2.75, 3.05) is 26.9 Å². The molecule has 16 heteroatoms. The van der Waals surface area contributed by atoms with Crippen molar-refractivity contribution in [2.45, 2.75) is 43.6 Å². The van der Waals surface area contributed by atoms with E-state index in [1.807, 2.05) is 4.98 Å². The highest BCUT2D eigenvalue weighted by molar-refractivity contribution is 7.48. The molecule has 1 aromatic carbocycles. The Kier molecular flexibility index (Phi) is 10.9. The lowest BCUT2D eigenvalue weighted by molar-refractivity contribution is -0.206. The molecule has 0 aliphatic carbocycles. The summed E-state index contributed by atoms with van der Waals surface area (Å²) in [5.74, 6) is -3.16. The number of rotatable bonds is 15. The SMILES string of the molecule is COCC(COP(=O)(OCc1ccccc1)OC[C@@]1(F)O[C@@H](n2ccc(=O)[nH]c2=O)[C@H](O)[C@@H]1O)OCc1ccccn1. The van der Waals surface area contributed by atoms with Gasteiger partial charge in [-0.25, -0.2) is 13.8 Å². The minimum Gasteiger partial charge on any atom is -0.385 e. The number of alkyl halides is 1. The van der Waals surface area contributed by atoms with Crippen LogP contribution < -0.4 is 11.2 Å². The zero-order chi connectivity index (χ0) is 30.2. The lowest BCUT2D eigenvalue weighted by Crippen LogP contribution is -2.43. The molecule has 3 aromatic rings. The lowest BCUT2D eigenvalue weighted by atomic mass is 10.1. The monoisotopic (exact) mass is 611 g/mol. The van der Waals surface area contributed by atoms with E-state index in [4.69, 9.17) is 27.8 Å². The summed E-state index contributed by atoms with van der Waals surface area (Å²) in [4.78, 5) is 29.6. The third-order valence-electron chi connectivity index (χ3n) is 6.12. The summed E-state index contributed by atoms with van der Waals surface area (Å²) in [6, 6.07) is 14.8. The number of ether oxygens (including phenoxy) is 3. The van der Waals surface area contributed by atoms with Crippen LogP contribution in [0.4, 0.5) is 4.39 Å². The number of methoxy groups -OCH3 is 1. The number of pyridine rings is 1. The zero-order valence-electron chi connectivity index (χ0n) is 22.5. The smallest absolute Gasteiger partial charge is 0.385 e. The standard InChI is InChI=1S/C26H31FN3O11P/c1-36-15-20(37-14-19-9-5-6-11-28-19)16-39-42(35,38-13-18-7-3-2-4-8-18)40-17-26(27)23(33)22(32)24(41-26)30-12-10-21(31)29-25(30)34/h2-12,20,22-24,32-33H,13-17H2,1H3,(H,29,31,34)/t20?,22-,23+,24-,26-,42?/m1/s1. The summed E-state index contributed by atoms with van der Waals surface area (Å²) in [5, 5.41) is 20.9. The molecule has 6 atom stereocenters. The first-order valence-corrected chi connectivity index (χ1v) is 14.2. The van der Waals surface area contributed by atoms with E-state index in [0.717, 1.165) is 12.3 Å². The van der Waals surface area contributed by atoms with E-state index in [9.17, 15) is 24.4 Å². The first kappa shape index (κ1) is 31.8. The van der Waals surface area contributed by atoms with Gasteiger partial charge in [-0.15, -0.1) is 0 Å². The maximum atomic E-state index is 15.8. The molecule has 1 saturated heterocycles. The Morgan fingerprint density at radius 1 is 1.07 bits per heavy atom. The van der Waals surface area contributed by atoms with Gasteiger partial charge in [-0.2, -0.15) is 0 Å². The predicted molar refractivity (Wildman–Crippen MR) is 143 cm³/mol. The van der Waals surface area contributed by atoms with Crippen molar-refractivity contribution in [2.24, 2.45) is 0 Å². The lowest BCUT2D eigenvalue weighted by Gasteiger charge is -2.26. The van der Waals surface area contributed by atoms with Crippen molar-refractivity contribution in [3.63, 3.8) is 0 Å². The molecule has 3 N–H and O–H groups in total. The van der Waals surface area contributed by atoms with Crippen molar-refractivity contribution in [3.8, 4) is 0 Å². The molecular weight excluding hydrogens is 580 g/mol. The number of nitrogens with one attached hydrogen (secondary N) is 1. The van der Waals surface area contributed by atoms with Gasteiger partial charge in [-0.1, -0.05) is 36.4 Å². The zero-order valence-corrected chi connectivity index (χ0v) is 23.4. The largest absolute Gasteiger partial charge is 0.475 e. The number of nitrogens with zero attached hydrogens (tertiary/aromatic N) is 2. The van der Waals surface area contributed by atoms with E-state index in [-0.39, 0.29) is 26.4 Å². The molecule has 14 nitrogen and oxygen atoms in total. The summed E-state index contributed by atoms with van der Waals surface area (Å²) < 4.78 is 62.4. The van der Waals surface area contributed by atoms with Gasteiger partial charge in [0.2, 0.25) is 0 Å². The number of benzene rings is 1. The van der Waals surface area contributed by atoms with Crippen LogP contribution in [-0.2, 0) is 45.6 Å². The molecular formula is C26H31FN3O11P. The van der Waals surface area contributed by atoms with Gasteiger partial charge < -0.3 is 24.4 Å². The molecule has 42 heavy (non-hydrogen) atoms. The maximum absolute atomic E-state index is 15.8. The molecule has 0 spiro atoms. The number of hydrogen-bond acceptors (Lipinski definition) is 12. The van der Waals surface area contributed by atoms with Crippen LogP contribution in [0.25, 0.3) is 0 Å². The molecule has 228 valence electrons. The first-order chi connectivity index (χ1) is 20.1. The van der Waals surface area contributed by atoms with E-state index in [1.54, 1.807) is 54.7 Å². The second-order valence-corrected chi connectivity index (χ2v) is 10.9. The van der Waals surface area contributed by atoms with E-state index in [0.29, 0.717) is 15.8 Å². The number of aromatic amines is 1. The summed E-state index contributed by atoms with van der Waals surface area (Å²) in [6.45, 7) is -1.72. The normalized spacial score (nSPS) is 24.3. The quantitative estimate of drug-likeness (QED) is 0.211. The molecule has 2 aromatic heterocycles. The number of hydrogen-bond donors (Lipinski definition) is 3. The number of H-pyrrole nitrogens is 1. The molecule has 0 amide bonds. The van der Waals surface area contributed by atoms with Crippen LogP contribution >= 0.6 is 7.82 Å². The molecule has 0 bridgehead atoms. The van der Waals surface area contributed by atoms with Crippen molar-refractivity contribution in [3.05, 3.63) is 99.1 Å². The average molecular weight is 612 g/mol. The van der Waals surface area contributed by atoms with Crippen LogP contribution in [0.3, 0.4) is 0 Å². The molecule has 0 radical (unpaired) electrons. The Balaban J connectivity index is 1.47. The van der Waals surface area contributed by atoms with Gasteiger partial charge in [0, 0.05) is 25.6 Å². The number of aliphatic hydroxyl groups is 2. The number of phosphoric acid groups is 1. The third-order valence-corrected chi connectivity index (χ3v) is 7.47. The number of halogens is 1. The molecule has 3 heterocycles. The van der Waals surface area contributed by atoms with Crippen molar-refractivity contribution in [1.82, 2.24) is 14.5 Å².